The van der Waals surface area contributed by atoms with Crippen molar-refractivity contribution in [2.75, 3.05) is 38.6 Å². The molecule has 1 fully saturated rings. The molecule has 0 spiro atoms. The van der Waals surface area contributed by atoms with Crippen LogP contribution in [0, 0.1) is 6.92 Å². The number of aryl methyl sites for hydroxylation is 1. The Kier molecular flexibility index (Phi) is 7.53. The summed E-state index contributed by atoms with van der Waals surface area (Å²) in [5.74, 6) is 0.549. The van der Waals surface area contributed by atoms with Crippen LogP contribution in [0.2, 0.25) is 5.02 Å². The van der Waals surface area contributed by atoms with Gasteiger partial charge in [0.05, 0.1) is 18.8 Å². The summed E-state index contributed by atoms with van der Waals surface area (Å²) in [6.45, 7) is 8.62. The minimum absolute atomic E-state index is 0.0264. The number of benzene rings is 2. The summed E-state index contributed by atoms with van der Waals surface area (Å²) >= 11 is 6.17. The van der Waals surface area contributed by atoms with Gasteiger partial charge in [0.2, 0.25) is 5.91 Å². The lowest BCUT2D eigenvalue weighted by Gasteiger charge is -2.27. The Morgan fingerprint density at radius 3 is 2.66 bits per heavy atom. The molecule has 156 valence electrons. The van der Waals surface area contributed by atoms with Crippen LogP contribution in [-0.4, -0.2) is 55.0 Å². The highest BCUT2D eigenvalue weighted by atomic mass is 35.5. The van der Waals surface area contributed by atoms with Crippen LogP contribution in [0.4, 0.5) is 5.69 Å². The summed E-state index contributed by atoms with van der Waals surface area (Å²) in [5, 5.41) is 3.64. The van der Waals surface area contributed by atoms with E-state index < -0.39 is 0 Å². The second-order valence-electron chi connectivity index (χ2n) is 7.62. The topological polar surface area (TPSA) is 44.8 Å². The molecule has 5 nitrogen and oxygen atoms in total. The largest absolute Gasteiger partial charge is 0.495 e. The molecule has 0 radical (unpaired) electrons. The SMILES string of the molecule is COc1cc(Cl)c(C)cc1NC(=O)C(C)N1CCCN(Cc2ccccc2)CC1. The molecule has 0 aromatic heterocycles. The van der Waals surface area contributed by atoms with Gasteiger partial charge < -0.3 is 10.1 Å². The zero-order valence-corrected chi connectivity index (χ0v) is 18.2. The minimum atomic E-state index is -0.215. The van der Waals surface area contributed by atoms with E-state index in [0.29, 0.717) is 16.5 Å². The van der Waals surface area contributed by atoms with Crippen LogP contribution >= 0.6 is 11.6 Å². The number of anilines is 1. The van der Waals surface area contributed by atoms with Gasteiger partial charge >= 0.3 is 0 Å². The lowest BCUT2D eigenvalue weighted by molar-refractivity contribution is -0.120. The fourth-order valence-corrected chi connectivity index (χ4v) is 3.86. The summed E-state index contributed by atoms with van der Waals surface area (Å²) in [6.07, 6.45) is 1.05. The van der Waals surface area contributed by atoms with Crippen molar-refractivity contribution in [3.05, 3.63) is 58.6 Å². The standard InChI is InChI=1S/C23H30ClN3O2/c1-17-14-21(22(29-3)15-20(17)24)25-23(28)18(2)27-11-7-10-26(12-13-27)16-19-8-5-4-6-9-19/h4-6,8-9,14-15,18H,7,10-13,16H2,1-3H3,(H,25,28). The minimum Gasteiger partial charge on any atom is -0.495 e. The predicted molar refractivity (Wildman–Crippen MR) is 119 cm³/mol. The van der Waals surface area contributed by atoms with Gasteiger partial charge in [-0.25, -0.2) is 0 Å². The smallest absolute Gasteiger partial charge is 0.241 e. The molecule has 0 saturated carbocycles. The van der Waals surface area contributed by atoms with Crippen molar-refractivity contribution in [3.8, 4) is 5.75 Å². The van der Waals surface area contributed by atoms with E-state index in [9.17, 15) is 4.79 Å². The van der Waals surface area contributed by atoms with Gasteiger partial charge in [0, 0.05) is 37.3 Å². The maximum atomic E-state index is 12.9. The van der Waals surface area contributed by atoms with Crippen LogP contribution in [0.1, 0.15) is 24.5 Å². The number of hydrogen-bond acceptors (Lipinski definition) is 4. The van der Waals surface area contributed by atoms with Gasteiger partial charge in [-0.1, -0.05) is 41.9 Å². The van der Waals surface area contributed by atoms with Crippen LogP contribution < -0.4 is 10.1 Å². The summed E-state index contributed by atoms with van der Waals surface area (Å²) in [5.41, 5.74) is 2.89. The van der Waals surface area contributed by atoms with Gasteiger partial charge in [-0.2, -0.15) is 0 Å². The average Bonchev–Trinajstić information content (AvgIpc) is 2.96. The zero-order valence-electron chi connectivity index (χ0n) is 17.5. The number of hydrogen-bond donors (Lipinski definition) is 1. The third-order valence-electron chi connectivity index (χ3n) is 5.54. The number of carbonyl (C=O) groups excluding carboxylic acids is 1. The van der Waals surface area contributed by atoms with E-state index in [0.717, 1.165) is 44.7 Å². The molecule has 29 heavy (non-hydrogen) atoms. The first-order chi connectivity index (χ1) is 14.0. The normalized spacial score (nSPS) is 16.8. The Morgan fingerprint density at radius 1 is 1.17 bits per heavy atom. The van der Waals surface area contributed by atoms with Crippen LogP contribution in [0.5, 0.6) is 5.75 Å². The van der Waals surface area contributed by atoms with Crippen LogP contribution in [-0.2, 0) is 11.3 Å². The van der Waals surface area contributed by atoms with Crippen LogP contribution in [0.15, 0.2) is 42.5 Å². The van der Waals surface area contributed by atoms with Crippen molar-refractivity contribution in [1.82, 2.24) is 9.80 Å². The van der Waals surface area contributed by atoms with E-state index in [2.05, 4.69) is 39.4 Å². The molecule has 1 heterocycles. The number of amides is 1. The molecule has 2 aromatic rings. The monoisotopic (exact) mass is 415 g/mol. The summed E-state index contributed by atoms with van der Waals surface area (Å²) in [7, 11) is 1.58. The lowest BCUT2D eigenvalue weighted by Crippen LogP contribution is -2.43. The van der Waals surface area contributed by atoms with E-state index in [1.54, 1.807) is 13.2 Å². The summed E-state index contributed by atoms with van der Waals surface area (Å²) in [6, 6.07) is 13.9. The molecule has 1 amide bonds. The van der Waals surface area contributed by atoms with Crippen LogP contribution in [0.3, 0.4) is 0 Å². The third-order valence-corrected chi connectivity index (χ3v) is 5.95. The van der Waals surface area contributed by atoms with E-state index in [-0.39, 0.29) is 11.9 Å². The fourth-order valence-electron chi connectivity index (χ4n) is 3.71. The number of nitrogens with one attached hydrogen (secondary N) is 1. The molecular weight excluding hydrogens is 386 g/mol. The number of rotatable bonds is 6. The maximum Gasteiger partial charge on any atom is 0.241 e. The molecule has 6 heteroatoms. The van der Waals surface area contributed by atoms with Gasteiger partial charge in [0.15, 0.2) is 0 Å². The number of halogens is 1. The highest BCUT2D eigenvalue weighted by Crippen LogP contribution is 2.31. The summed E-state index contributed by atoms with van der Waals surface area (Å²) in [4.78, 5) is 17.6. The maximum absolute atomic E-state index is 12.9. The molecule has 1 aliphatic rings. The number of ether oxygens (including phenoxy) is 1. The molecule has 1 N–H and O–H groups in total. The van der Waals surface area contributed by atoms with Crippen LogP contribution in [0.25, 0.3) is 0 Å². The van der Waals surface area contributed by atoms with Gasteiger partial charge in [0.25, 0.3) is 0 Å². The lowest BCUT2D eigenvalue weighted by atomic mass is 10.2. The average molecular weight is 416 g/mol. The summed E-state index contributed by atoms with van der Waals surface area (Å²) < 4.78 is 5.38. The van der Waals surface area contributed by atoms with E-state index in [1.165, 1.54) is 5.56 Å². The quantitative estimate of drug-likeness (QED) is 0.768. The van der Waals surface area contributed by atoms with Crippen molar-refractivity contribution >= 4 is 23.2 Å². The second kappa shape index (κ2) is 10.1. The highest BCUT2D eigenvalue weighted by molar-refractivity contribution is 6.31. The zero-order chi connectivity index (χ0) is 20.8. The molecule has 1 saturated heterocycles. The van der Waals surface area contributed by atoms with Gasteiger partial charge in [-0.15, -0.1) is 0 Å². The molecule has 1 unspecified atom stereocenters. The molecule has 1 aliphatic heterocycles. The van der Waals surface area contributed by atoms with E-state index in [4.69, 9.17) is 16.3 Å². The first-order valence-corrected chi connectivity index (χ1v) is 10.5. The van der Waals surface area contributed by atoms with E-state index in [1.807, 2.05) is 26.0 Å². The first kappa shape index (κ1) is 21.6. The van der Waals surface area contributed by atoms with Gasteiger partial charge in [-0.05, 0) is 44.0 Å². The van der Waals surface area contributed by atoms with Crippen molar-refractivity contribution in [1.29, 1.82) is 0 Å². The Balaban J connectivity index is 1.59. The first-order valence-electron chi connectivity index (χ1n) is 10.1. The second-order valence-corrected chi connectivity index (χ2v) is 8.03. The predicted octanol–water partition coefficient (Wildman–Crippen LogP) is 4.19. The molecule has 3 rings (SSSR count). The Morgan fingerprint density at radius 2 is 1.93 bits per heavy atom. The Labute approximate surface area is 178 Å². The molecule has 0 bridgehead atoms. The Hall–Kier alpha value is -2.08. The molecule has 1 atom stereocenters. The van der Waals surface area contributed by atoms with Gasteiger partial charge in [-0.3, -0.25) is 14.6 Å². The van der Waals surface area contributed by atoms with Crippen molar-refractivity contribution in [2.24, 2.45) is 0 Å². The number of carbonyl (C=O) groups is 1. The fraction of sp³-hybridized carbons (Fsp3) is 0.435. The number of nitrogens with zero attached hydrogens (tertiary/aromatic N) is 2. The van der Waals surface area contributed by atoms with Crippen molar-refractivity contribution in [3.63, 3.8) is 0 Å². The van der Waals surface area contributed by atoms with E-state index >= 15 is 0 Å². The van der Waals surface area contributed by atoms with Gasteiger partial charge in [0.1, 0.15) is 5.75 Å². The molecular formula is C23H30ClN3O2. The molecule has 0 aliphatic carbocycles. The van der Waals surface area contributed by atoms with Crippen molar-refractivity contribution < 1.29 is 9.53 Å². The number of methoxy groups -OCH3 is 1. The Bertz CT molecular complexity index is 828. The third kappa shape index (κ3) is 5.72. The highest BCUT2D eigenvalue weighted by Gasteiger charge is 2.25. The molecule has 2 aromatic carbocycles. The van der Waals surface area contributed by atoms with Crippen molar-refractivity contribution in [2.45, 2.75) is 32.9 Å².